The van der Waals surface area contributed by atoms with E-state index in [1.807, 2.05) is 43.3 Å². The predicted molar refractivity (Wildman–Crippen MR) is 96.2 cm³/mol. The van der Waals surface area contributed by atoms with E-state index in [2.05, 4.69) is 20.6 Å². The van der Waals surface area contributed by atoms with Crippen LogP contribution in [0, 0.1) is 12.8 Å². The maximum absolute atomic E-state index is 12.5. The molecule has 2 heterocycles. The highest BCUT2D eigenvalue weighted by molar-refractivity contribution is 5.93. The third-order valence-corrected chi connectivity index (χ3v) is 4.82. The molecule has 128 valence electrons. The van der Waals surface area contributed by atoms with Crippen molar-refractivity contribution < 1.29 is 4.79 Å². The lowest BCUT2D eigenvalue weighted by atomic mass is 9.88. The summed E-state index contributed by atoms with van der Waals surface area (Å²) < 4.78 is 1.72. The number of aromatic nitrogens is 4. The smallest absolute Gasteiger partial charge is 0.227 e. The Balaban J connectivity index is 1.57. The van der Waals surface area contributed by atoms with Crippen molar-refractivity contribution >= 4 is 17.2 Å². The molecular formula is C19H21N5O. The van der Waals surface area contributed by atoms with E-state index in [4.69, 9.17) is 0 Å². The minimum atomic E-state index is 0.134. The molecule has 0 aliphatic heterocycles. The van der Waals surface area contributed by atoms with Crippen molar-refractivity contribution in [3.8, 4) is 11.3 Å². The number of hydrogen-bond donors (Lipinski definition) is 1. The lowest BCUT2D eigenvalue weighted by Gasteiger charge is -2.20. The summed E-state index contributed by atoms with van der Waals surface area (Å²) in [5.74, 6) is 1.03. The summed E-state index contributed by atoms with van der Waals surface area (Å²) in [6, 6.07) is 11.6. The third kappa shape index (κ3) is 3.24. The molecule has 0 atom stereocenters. The minimum Gasteiger partial charge on any atom is -0.326 e. The summed E-state index contributed by atoms with van der Waals surface area (Å²) in [6.07, 6.45) is 5.55. The Morgan fingerprint density at radius 1 is 1.12 bits per heavy atom. The number of amides is 1. The fraction of sp³-hybridized carbons (Fsp3) is 0.368. The van der Waals surface area contributed by atoms with Crippen LogP contribution in [0.5, 0.6) is 0 Å². The van der Waals surface area contributed by atoms with Gasteiger partial charge in [-0.3, -0.25) is 4.79 Å². The van der Waals surface area contributed by atoms with Crippen molar-refractivity contribution in [2.45, 2.75) is 39.0 Å². The number of rotatable bonds is 3. The second-order valence-corrected chi connectivity index (χ2v) is 6.64. The van der Waals surface area contributed by atoms with E-state index in [0.29, 0.717) is 0 Å². The molecule has 25 heavy (non-hydrogen) atoms. The van der Waals surface area contributed by atoms with Crippen LogP contribution in [-0.4, -0.2) is 25.7 Å². The summed E-state index contributed by atoms with van der Waals surface area (Å²) in [6.45, 7) is 1.87. The van der Waals surface area contributed by atoms with Crippen molar-refractivity contribution in [1.29, 1.82) is 0 Å². The molecule has 6 nitrogen and oxygen atoms in total. The van der Waals surface area contributed by atoms with E-state index < -0.39 is 0 Å². The zero-order valence-corrected chi connectivity index (χ0v) is 14.3. The van der Waals surface area contributed by atoms with Gasteiger partial charge in [-0.1, -0.05) is 31.4 Å². The van der Waals surface area contributed by atoms with Gasteiger partial charge < -0.3 is 5.32 Å². The summed E-state index contributed by atoms with van der Waals surface area (Å²) in [4.78, 5) is 12.5. The molecule has 4 rings (SSSR count). The van der Waals surface area contributed by atoms with Crippen LogP contribution >= 0.6 is 0 Å². The van der Waals surface area contributed by atoms with E-state index in [-0.39, 0.29) is 11.8 Å². The van der Waals surface area contributed by atoms with Gasteiger partial charge in [0.1, 0.15) is 0 Å². The molecule has 0 spiro atoms. The molecule has 0 unspecified atom stereocenters. The molecule has 0 saturated heterocycles. The summed E-state index contributed by atoms with van der Waals surface area (Å²) in [7, 11) is 0. The lowest BCUT2D eigenvalue weighted by molar-refractivity contribution is -0.120. The molecule has 6 heteroatoms. The molecule has 1 saturated carbocycles. The van der Waals surface area contributed by atoms with Gasteiger partial charge in [-0.05, 0) is 44.0 Å². The average molecular weight is 335 g/mol. The Hall–Kier alpha value is -2.76. The van der Waals surface area contributed by atoms with Gasteiger partial charge in [-0.15, -0.1) is 10.2 Å². The molecule has 0 radical (unpaired) electrons. The molecule has 1 amide bonds. The second-order valence-electron chi connectivity index (χ2n) is 6.64. The topological polar surface area (TPSA) is 72.2 Å². The summed E-state index contributed by atoms with van der Waals surface area (Å²) in [5, 5.41) is 15.7. The SMILES string of the molecule is Cc1nnc2ccc(-c3cccc(NC(=O)C4CCCCC4)c3)nn12. The quantitative estimate of drug-likeness (QED) is 0.793. The van der Waals surface area contributed by atoms with Crippen LogP contribution in [0.2, 0.25) is 0 Å². The van der Waals surface area contributed by atoms with Gasteiger partial charge in [-0.25, -0.2) is 0 Å². The van der Waals surface area contributed by atoms with Gasteiger partial charge >= 0.3 is 0 Å². The van der Waals surface area contributed by atoms with Crippen molar-refractivity contribution in [2.75, 3.05) is 5.32 Å². The number of carbonyl (C=O) groups is 1. The van der Waals surface area contributed by atoms with E-state index in [9.17, 15) is 4.79 Å². The summed E-state index contributed by atoms with van der Waals surface area (Å²) in [5.41, 5.74) is 3.32. The maximum atomic E-state index is 12.5. The average Bonchev–Trinajstić information content (AvgIpc) is 3.03. The number of hydrogen-bond acceptors (Lipinski definition) is 4. The van der Waals surface area contributed by atoms with Crippen LogP contribution in [-0.2, 0) is 4.79 Å². The maximum Gasteiger partial charge on any atom is 0.227 e. The molecule has 2 aromatic heterocycles. The minimum absolute atomic E-state index is 0.134. The van der Waals surface area contributed by atoms with Gasteiger partial charge in [0.2, 0.25) is 5.91 Å². The highest BCUT2D eigenvalue weighted by atomic mass is 16.1. The van der Waals surface area contributed by atoms with Gasteiger partial charge in [-0.2, -0.15) is 9.61 Å². The first-order valence-corrected chi connectivity index (χ1v) is 8.81. The first kappa shape index (κ1) is 15.7. The van der Waals surface area contributed by atoms with Crippen LogP contribution in [0.1, 0.15) is 37.9 Å². The standard InChI is InChI=1S/C19H21N5O/c1-13-21-22-18-11-10-17(23-24(13)18)15-8-5-9-16(12-15)20-19(25)14-6-3-2-4-7-14/h5,8-12,14H,2-4,6-7H2,1H3,(H,20,25). The third-order valence-electron chi connectivity index (χ3n) is 4.82. The fourth-order valence-corrected chi connectivity index (χ4v) is 3.42. The summed E-state index contributed by atoms with van der Waals surface area (Å²) >= 11 is 0. The van der Waals surface area contributed by atoms with Gasteiger partial charge in [0.05, 0.1) is 5.69 Å². The fourth-order valence-electron chi connectivity index (χ4n) is 3.42. The van der Waals surface area contributed by atoms with Gasteiger partial charge in [0.25, 0.3) is 0 Å². The number of fused-ring (bicyclic) bond motifs is 1. The van der Waals surface area contributed by atoms with Crippen molar-refractivity contribution in [3.63, 3.8) is 0 Å². The van der Waals surface area contributed by atoms with Crippen LogP contribution in [0.15, 0.2) is 36.4 Å². The first-order chi connectivity index (χ1) is 12.2. The van der Waals surface area contributed by atoms with E-state index in [1.54, 1.807) is 4.52 Å². The van der Waals surface area contributed by atoms with E-state index >= 15 is 0 Å². The Kier molecular flexibility index (Phi) is 4.17. The normalized spacial score (nSPS) is 15.4. The number of benzene rings is 1. The molecule has 1 N–H and O–H groups in total. The molecule has 3 aromatic rings. The zero-order valence-electron chi connectivity index (χ0n) is 14.3. The molecule has 1 aromatic carbocycles. The number of aryl methyl sites for hydroxylation is 1. The number of anilines is 1. The van der Waals surface area contributed by atoms with Crippen molar-refractivity contribution in [3.05, 3.63) is 42.2 Å². The monoisotopic (exact) mass is 335 g/mol. The Morgan fingerprint density at radius 3 is 2.80 bits per heavy atom. The largest absolute Gasteiger partial charge is 0.326 e. The Morgan fingerprint density at radius 2 is 1.96 bits per heavy atom. The van der Waals surface area contributed by atoms with Gasteiger partial charge in [0, 0.05) is 17.2 Å². The molecule has 0 bridgehead atoms. The molecule has 1 aliphatic rings. The van der Waals surface area contributed by atoms with Gasteiger partial charge in [0.15, 0.2) is 11.5 Å². The second kappa shape index (κ2) is 6.63. The van der Waals surface area contributed by atoms with Crippen LogP contribution < -0.4 is 5.32 Å². The van der Waals surface area contributed by atoms with E-state index in [1.165, 1.54) is 6.42 Å². The number of nitrogens with zero attached hydrogens (tertiary/aromatic N) is 4. The molecular weight excluding hydrogens is 314 g/mol. The van der Waals surface area contributed by atoms with E-state index in [0.717, 1.165) is 54.1 Å². The van der Waals surface area contributed by atoms with Crippen LogP contribution in [0.4, 0.5) is 5.69 Å². The predicted octanol–water partition coefficient (Wildman–Crippen LogP) is 3.62. The number of nitrogens with one attached hydrogen (secondary N) is 1. The lowest BCUT2D eigenvalue weighted by Crippen LogP contribution is -2.24. The Labute approximate surface area is 146 Å². The first-order valence-electron chi connectivity index (χ1n) is 8.81. The molecule has 1 aliphatic carbocycles. The van der Waals surface area contributed by atoms with Crippen molar-refractivity contribution in [2.24, 2.45) is 5.92 Å². The molecule has 1 fully saturated rings. The van der Waals surface area contributed by atoms with Crippen LogP contribution in [0.3, 0.4) is 0 Å². The highest BCUT2D eigenvalue weighted by Gasteiger charge is 2.21. The van der Waals surface area contributed by atoms with Crippen LogP contribution in [0.25, 0.3) is 16.9 Å². The number of carbonyl (C=O) groups excluding carboxylic acids is 1. The Bertz CT molecular complexity index is 911. The zero-order chi connectivity index (χ0) is 17.2. The van der Waals surface area contributed by atoms with Crippen molar-refractivity contribution in [1.82, 2.24) is 19.8 Å². The highest BCUT2D eigenvalue weighted by Crippen LogP contribution is 2.26.